The van der Waals surface area contributed by atoms with E-state index in [9.17, 15) is 10.2 Å². The normalized spacial score (nSPS) is 28.2. The molecule has 1 unspecified atom stereocenters. The molecule has 0 aromatic heterocycles. The van der Waals surface area contributed by atoms with Crippen molar-refractivity contribution in [3.8, 4) is 5.75 Å². The number of phenols is 1. The molecule has 2 aliphatic carbocycles. The van der Waals surface area contributed by atoms with Crippen molar-refractivity contribution in [2.24, 2.45) is 0 Å². The molecule has 0 aliphatic heterocycles. The Hall–Kier alpha value is -1.54. The van der Waals surface area contributed by atoms with Crippen LogP contribution in [0.2, 0.25) is 0 Å². The van der Waals surface area contributed by atoms with Crippen LogP contribution in [0.3, 0.4) is 0 Å². The fourth-order valence-electron chi connectivity index (χ4n) is 3.76. The van der Waals surface area contributed by atoms with Crippen molar-refractivity contribution in [3.05, 3.63) is 53.6 Å². The Morgan fingerprint density at radius 2 is 1.67 bits per heavy atom. The molecule has 21 heavy (non-hydrogen) atoms. The first-order valence-corrected chi connectivity index (χ1v) is 7.94. The van der Waals surface area contributed by atoms with Gasteiger partial charge in [-0.1, -0.05) is 49.6 Å². The molecule has 2 nitrogen and oxygen atoms in total. The third-order valence-electron chi connectivity index (χ3n) is 5.04. The molecule has 0 heterocycles. The molecule has 0 radical (unpaired) electrons. The Labute approximate surface area is 126 Å². The standard InChI is InChI=1S/C19H24O2/c1-18(21)13-9-16(10-14-18)19(11-3-2-4-12-19)15-5-7-17(20)8-6-15/h5-10,13,20-21H,2-4,11-12,14H2,1H3. The van der Waals surface area contributed by atoms with Crippen molar-refractivity contribution >= 4 is 0 Å². The van der Waals surface area contributed by atoms with Crippen LogP contribution >= 0.6 is 0 Å². The molecule has 0 saturated heterocycles. The molecular weight excluding hydrogens is 260 g/mol. The van der Waals surface area contributed by atoms with Crippen LogP contribution in [0.25, 0.3) is 0 Å². The summed E-state index contributed by atoms with van der Waals surface area (Å²) in [7, 11) is 0. The Kier molecular flexibility index (Phi) is 3.66. The van der Waals surface area contributed by atoms with Crippen LogP contribution in [0.15, 0.2) is 48.1 Å². The minimum Gasteiger partial charge on any atom is -0.508 e. The summed E-state index contributed by atoms with van der Waals surface area (Å²) in [5, 5.41) is 19.7. The lowest BCUT2D eigenvalue weighted by molar-refractivity contribution is 0.113. The van der Waals surface area contributed by atoms with Crippen molar-refractivity contribution in [1.29, 1.82) is 0 Å². The van der Waals surface area contributed by atoms with E-state index in [0.29, 0.717) is 12.2 Å². The highest BCUT2D eigenvalue weighted by molar-refractivity contribution is 5.46. The predicted molar refractivity (Wildman–Crippen MR) is 85.3 cm³/mol. The van der Waals surface area contributed by atoms with E-state index in [4.69, 9.17) is 0 Å². The van der Waals surface area contributed by atoms with Gasteiger partial charge in [-0.05, 0) is 49.5 Å². The number of allylic oxidation sites excluding steroid dienone is 2. The number of aliphatic hydroxyl groups is 1. The number of hydrogen-bond acceptors (Lipinski definition) is 2. The average Bonchev–Trinajstić information content (AvgIpc) is 2.48. The molecule has 1 aromatic carbocycles. The van der Waals surface area contributed by atoms with Crippen LogP contribution in [-0.2, 0) is 5.41 Å². The highest BCUT2D eigenvalue weighted by Gasteiger charge is 2.37. The second kappa shape index (κ2) is 5.34. The van der Waals surface area contributed by atoms with E-state index in [-0.39, 0.29) is 5.41 Å². The second-order valence-electron chi connectivity index (χ2n) is 6.74. The highest BCUT2D eigenvalue weighted by Crippen LogP contribution is 2.47. The van der Waals surface area contributed by atoms with Crippen molar-refractivity contribution in [1.82, 2.24) is 0 Å². The Morgan fingerprint density at radius 1 is 1.00 bits per heavy atom. The van der Waals surface area contributed by atoms with Crippen LogP contribution in [0.5, 0.6) is 5.75 Å². The van der Waals surface area contributed by atoms with Gasteiger partial charge in [0.05, 0.1) is 5.60 Å². The summed E-state index contributed by atoms with van der Waals surface area (Å²) >= 11 is 0. The van der Waals surface area contributed by atoms with Crippen molar-refractivity contribution in [2.45, 2.75) is 56.5 Å². The van der Waals surface area contributed by atoms with Gasteiger partial charge in [0, 0.05) is 5.41 Å². The molecule has 1 saturated carbocycles. The minimum absolute atomic E-state index is 0.0545. The minimum atomic E-state index is -0.714. The number of phenolic OH excluding ortho intramolecular Hbond substituents is 1. The van der Waals surface area contributed by atoms with Gasteiger partial charge in [-0.2, -0.15) is 0 Å². The first kappa shape index (κ1) is 14.4. The van der Waals surface area contributed by atoms with E-state index in [1.54, 1.807) is 12.1 Å². The van der Waals surface area contributed by atoms with Crippen LogP contribution in [-0.4, -0.2) is 15.8 Å². The van der Waals surface area contributed by atoms with Crippen LogP contribution in [0, 0.1) is 0 Å². The van der Waals surface area contributed by atoms with Crippen molar-refractivity contribution in [2.75, 3.05) is 0 Å². The lowest BCUT2D eigenvalue weighted by Gasteiger charge is -2.41. The molecule has 2 heteroatoms. The summed E-state index contributed by atoms with van der Waals surface area (Å²) in [6, 6.07) is 7.69. The summed E-state index contributed by atoms with van der Waals surface area (Å²) in [6.45, 7) is 1.85. The maximum absolute atomic E-state index is 10.1. The Bertz CT molecular complexity index is 558. The number of benzene rings is 1. The fourth-order valence-corrected chi connectivity index (χ4v) is 3.76. The van der Waals surface area contributed by atoms with Gasteiger partial charge in [-0.25, -0.2) is 0 Å². The molecule has 1 fully saturated rings. The van der Waals surface area contributed by atoms with E-state index in [1.807, 2.05) is 13.0 Å². The first-order chi connectivity index (χ1) is 10.0. The van der Waals surface area contributed by atoms with E-state index >= 15 is 0 Å². The van der Waals surface area contributed by atoms with E-state index in [2.05, 4.69) is 24.3 Å². The largest absolute Gasteiger partial charge is 0.508 e. The number of rotatable bonds is 2. The van der Waals surface area contributed by atoms with Gasteiger partial charge in [0.25, 0.3) is 0 Å². The average molecular weight is 284 g/mol. The van der Waals surface area contributed by atoms with Gasteiger partial charge in [0.1, 0.15) is 5.75 Å². The lowest BCUT2D eigenvalue weighted by atomic mass is 9.63. The van der Waals surface area contributed by atoms with Gasteiger partial charge >= 0.3 is 0 Å². The number of aromatic hydroxyl groups is 1. The monoisotopic (exact) mass is 284 g/mol. The molecule has 2 N–H and O–H groups in total. The SMILES string of the molecule is CC1(O)C=CC(C2(c3ccc(O)cc3)CCCCC2)=CC1. The zero-order valence-electron chi connectivity index (χ0n) is 12.7. The quantitative estimate of drug-likeness (QED) is 0.853. The van der Waals surface area contributed by atoms with Crippen molar-refractivity contribution < 1.29 is 10.2 Å². The summed E-state index contributed by atoms with van der Waals surface area (Å²) in [4.78, 5) is 0. The van der Waals surface area contributed by atoms with Gasteiger partial charge in [-0.3, -0.25) is 0 Å². The maximum atomic E-state index is 10.1. The molecule has 1 aromatic rings. The van der Waals surface area contributed by atoms with E-state index in [0.717, 1.165) is 12.8 Å². The van der Waals surface area contributed by atoms with E-state index < -0.39 is 5.60 Å². The molecule has 1 atom stereocenters. The summed E-state index contributed by atoms with van der Waals surface area (Å²) in [5.74, 6) is 0.320. The molecule has 0 spiro atoms. The van der Waals surface area contributed by atoms with E-state index in [1.165, 1.54) is 30.4 Å². The highest BCUT2D eigenvalue weighted by atomic mass is 16.3. The van der Waals surface area contributed by atoms with Crippen LogP contribution < -0.4 is 0 Å². The summed E-state index contributed by atoms with van der Waals surface area (Å²) in [6.07, 6.45) is 13.0. The summed E-state index contributed by atoms with van der Waals surface area (Å²) in [5.41, 5.74) is 1.96. The number of hydrogen-bond donors (Lipinski definition) is 2. The maximum Gasteiger partial charge on any atom is 0.115 e. The predicted octanol–water partition coefficient (Wildman–Crippen LogP) is 4.23. The van der Waals surface area contributed by atoms with Gasteiger partial charge in [0.2, 0.25) is 0 Å². The molecule has 0 amide bonds. The second-order valence-corrected chi connectivity index (χ2v) is 6.74. The molecule has 0 bridgehead atoms. The smallest absolute Gasteiger partial charge is 0.115 e. The van der Waals surface area contributed by atoms with Crippen LogP contribution in [0.4, 0.5) is 0 Å². The molecule has 2 aliphatic rings. The topological polar surface area (TPSA) is 40.5 Å². The Balaban J connectivity index is 2.00. The summed E-state index contributed by atoms with van der Waals surface area (Å²) < 4.78 is 0. The van der Waals surface area contributed by atoms with Gasteiger partial charge in [-0.15, -0.1) is 0 Å². The molecule has 3 rings (SSSR count). The fraction of sp³-hybridized carbons (Fsp3) is 0.474. The Morgan fingerprint density at radius 3 is 2.24 bits per heavy atom. The van der Waals surface area contributed by atoms with Gasteiger partial charge < -0.3 is 10.2 Å². The third kappa shape index (κ3) is 2.77. The van der Waals surface area contributed by atoms with Crippen LogP contribution in [0.1, 0.15) is 51.0 Å². The zero-order valence-corrected chi connectivity index (χ0v) is 12.7. The first-order valence-electron chi connectivity index (χ1n) is 7.94. The zero-order chi connectivity index (χ0) is 14.9. The third-order valence-corrected chi connectivity index (χ3v) is 5.04. The molecular formula is C19H24O2. The van der Waals surface area contributed by atoms with Gasteiger partial charge in [0.15, 0.2) is 0 Å². The lowest BCUT2D eigenvalue weighted by Crippen LogP contribution is -2.33. The van der Waals surface area contributed by atoms with Crippen molar-refractivity contribution in [3.63, 3.8) is 0 Å². The molecule has 112 valence electrons.